The van der Waals surface area contributed by atoms with Gasteiger partial charge in [-0.25, -0.2) is 0 Å². The summed E-state index contributed by atoms with van der Waals surface area (Å²) in [5.41, 5.74) is 2.04. The molecule has 6 nitrogen and oxygen atoms in total. The van der Waals surface area contributed by atoms with Gasteiger partial charge in [0.15, 0.2) is 6.61 Å². The van der Waals surface area contributed by atoms with Crippen LogP contribution >= 0.6 is 0 Å². The molecule has 0 aliphatic carbocycles. The van der Waals surface area contributed by atoms with Crippen molar-refractivity contribution in [1.82, 2.24) is 5.32 Å². The van der Waals surface area contributed by atoms with E-state index in [-0.39, 0.29) is 18.4 Å². The highest BCUT2D eigenvalue weighted by atomic mass is 16.5. The zero-order chi connectivity index (χ0) is 17.5. The van der Waals surface area contributed by atoms with Gasteiger partial charge in [-0.2, -0.15) is 0 Å². The highest BCUT2D eigenvalue weighted by molar-refractivity contribution is 5.97. The van der Waals surface area contributed by atoms with Gasteiger partial charge in [0, 0.05) is 12.6 Å². The Morgan fingerprint density at radius 3 is 2.42 bits per heavy atom. The Morgan fingerprint density at radius 2 is 1.79 bits per heavy atom. The number of rotatable bonds is 6. The van der Waals surface area contributed by atoms with E-state index >= 15 is 0 Å². The smallest absolute Gasteiger partial charge is 0.262 e. The van der Waals surface area contributed by atoms with Crippen LogP contribution in [0.25, 0.3) is 0 Å². The number of carbonyl (C=O) groups is 2. The van der Waals surface area contributed by atoms with Crippen molar-refractivity contribution in [1.29, 1.82) is 0 Å². The molecule has 2 rings (SSSR count). The second kappa shape index (κ2) is 8.01. The van der Waals surface area contributed by atoms with Gasteiger partial charge in [-0.1, -0.05) is 17.7 Å². The van der Waals surface area contributed by atoms with Crippen molar-refractivity contribution in [3.63, 3.8) is 0 Å². The number of anilines is 1. The third-order valence-corrected chi connectivity index (χ3v) is 3.36. The number of carbonyl (C=O) groups excluding carboxylic acids is 2. The summed E-state index contributed by atoms with van der Waals surface area (Å²) in [6, 6.07) is 12.2. The van der Waals surface area contributed by atoms with Gasteiger partial charge >= 0.3 is 0 Å². The second-order valence-corrected chi connectivity index (χ2v) is 5.14. The number of amides is 2. The Balaban J connectivity index is 2.00. The molecule has 0 heterocycles. The Bertz CT molecular complexity index is 726. The van der Waals surface area contributed by atoms with Crippen LogP contribution in [-0.4, -0.2) is 32.6 Å². The van der Waals surface area contributed by atoms with Gasteiger partial charge in [0.25, 0.3) is 11.8 Å². The van der Waals surface area contributed by atoms with E-state index in [0.29, 0.717) is 22.7 Å². The molecule has 0 bridgehead atoms. The van der Waals surface area contributed by atoms with E-state index in [2.05, 4.69) is 10.6 Å². The molecular formula is C18H20N2O4. The van der Waals surface area contributed by atoms with Crippen LogP contribution in [0.5, 0.6) is 11.5 Å². The molecule has 2 amide bonds. The predicted octanol–water partition coefficient (Wildman–Crippen LogP) is 2.38. The molecule has 0 spiro atoms. The molecule has 126 valence electrons. The number of ether oxygens (including phenoxy) is 2. The van der Waals surface area contributed by atoms with Crippen LogP contribution < -0.4 is 20.1 Å². The van der Waals surface area contributed by atoms with Gasteiger partial charge in [-0.3, -0.25) is 9.59 Å². The standard InChI is InChI=1S/C18H20N2O4/c1-12-4-7-14(8-5-12)24-11-17(21)20-15-9-6-13(18(22)19-2)10-16(15)23-3/h4-10H,11H2,1-3H3,(H,19,22)(H,20,21). The van der Waals surface area contributed by atoms with Crippen molar-refractivity contribution in [2.24, 2.45) is 0 Å². The summed E-state index contributed by atoms with van der Waals surface area (Å²) < 4.78 is 10.7. The average Bonchev–Trinajstić information content (AvgIpc) is 2.60. The van der Waals surface area contributed by atoms with Crippen molar-refractivity contribution >= 4 is 17.5 Å². The van der Waals surface area contributed by atoms with Crippen LogP contribution in [-0.2, 0) is 4.79 Å². The normalized spacial score (nSPS) is 9.96. The topological polar surface area (TPSA) is 76.7 Å². The number of aryl methyl sites for hydroxylation is 1. The average molecular weight is 328 g/mol. The fourth-order valence-corrected chi connectivity index (χ4v) is 2.05. The summed E-state index contributed by atoms with van der Waals surface area (Å²) >= 11 is 0. The van der Waals surface area contributed by atoms with Gasteiger partial charge in [-0.15, -0.1) is 0 Å². The Kier molecular flexibility index (Phi) is 5.78. The van der Waals surface area contributed by atoms with E-state index in [1.807, 2.05) is 19.1 Å². The Labute approximate surface area is 140 Å². The van der Waals surface area contributed by atoms with E-state index in [1.54, 1.807) is 37.4 Å². The minimum atomic E-state index is -0.318. The molecule has 0 aliphatic rings. The van der Waals surface area contributed by atoms with Crippen molar-refractivity contribution in [2.45, 2.75) is 6.92 Å². The molecular weight excluding hydrogens is 308 g/mol. The minimum Gasteiger partial charge on any atom is -0.495 e. The van der Waals surface area contributed by atoms with Crippen molar-refractivity contribution in [2.75, 3.05) is 26.1 Å². The molecule has 24 heavy (non-hydrogen) atoms. The summed E-state index contributed by atoms with van der Waals surface area (Å²) in [7, 11) is 3.02. The summed E-state index contributed by atoms with van der Waals surface area (Å²) in [6.07, 6.45) is 0. The van der Waals surface area contributed by atoms with Gasteiger partial charge in [0.2, 0.25) is 0 Å². The maximum Gasteiger partial charge on any atom is 0.262 e. The van der Waals surface area contributed by atoms with Crippen molar-refractivity contribution in [3.05, 3.63) is 53.6 Å². The Morgan fingerprint density at radius 1 is 1.08 bits per heavy atom. The van der Waals surface area contributed by atoms with E-state index < -0.39 is 0 Å². The fraction of sp³-hybridized carbons (Fsp3) is 0.222. The van der Waals surface area contributed by atoms with Gasteiger partial charge in [-0.05, 0) is 37.3 Å². The van der Waals surface area contributed by atoms with Crippen molar-refractivity contribution < 1.29 is 19.1 Å². The second-order valence-electron chi connectivity index (χ2n) is 5.14. The van der Waals surface area contributed by atoms with E-state index in [1.165, 1.54) is 7.11 Å². The first kappa shape index (κ1) is 17.3. The molecule has 0 saturated carbocycles. The molecule has 2 N–H and O–H groups in total. The third-order valence-electron chi connectivity index (χ3n) is 3.36. The molecule has 0 unspecified atom stereocenters. The Hall–Kier alpha value is -3.02. The number of hydrogen-bond acceptors (Lipinski definition) is 4. The van der Waals surface area contributed by atoms with Gasteiger partial charge in [0.05, 0.1) is 12.8 Å². The highest BCUT2D eigenvalue weighted by Gasteiger charge is 2.12. The number of nitrogens with one attached hydrogen (secondary N) is 2. The lowest BCUT2D eigenvalue weighted by Gasteiger charge is -2.12. The molecule has 0 radical (unpaired) electrons. The van der Waals surface area contributed by atoms with Gasteiger partial charge < -0.3 is 20.1 Å². The first-order valence-corrected chi connectivity index (χ1v) is 7.43. The molecule has 0 saturated heterocycles. The summed E-state index contributed by atoms with van der Waals surface area (Å²) in [5.74, 6) is 0.480. The molecule has 2 aromatic carbocycles. The molecule has 0 fully saturated rings. The zero-order valence-corrected chi connectivity index (χ0v) is 13.9. The van der Waals surface area contributed by atoms with Gasteiger partial charge in [0.1, 0.15) is 11.5 Å². The first-order chi connectivity index (χ1) is 11.5. The summed E-state index contributed by atoms with van der Waals surface area (Å²) in [6.45, 7) is 1.86. The van der Waals surface area contributed by atoms with E-state index in [0.717, 1.165) is 5.56 Å². The highest BCUT2D eigenvalue weighted by Crippen LogP contribution is 2.25. The maximum atomic E-state index is 12.0. The van der Waals surface area contributed by atoms with Crippen LogP contribution in [0, 0.1) is 6.92 Å². The van der Waals surface area contributed by atoms with Crippen LogP contribution in [0.2, 0.25) is 0 Å². The third kappa shape index (κ3) is 4.49. The SMILES string of the molecule is CNC(=O)c1ccc(NC(=O)COc2ccc(C)cc2)c(OC)c1. The number of methoxy groups -OCH3 is 1. The minimum absolute atomic E-state index is 0.122. The maximum absolute atomic E-state index is 12.0. The van der Waals surface area contributed by atoms with Crippen LogP contribution in [0.1, 0.15) is 15.9 Å². The lowest BCUT2D eigenvalue weighted by Crippen LogP contribution is -2.21. The molecule has 6 heteroatoms. The lowest BCUT2D eigenvalue weighted by molar-refractivity contribution is -0.118. The van der Waals surface area contributed by atoms with Crippen LogP contribution in [0.15, 0.2) is 42.5 Å². The van der Waals surface area contributed by atoms with Crippen molar-refractivity contribution in [3.8, 4) is 11.5 Å². The summed E-state index contributed by atoms with van der Waals surface area (Å²) in [4.78, 5) is 23.6. The molecule has 0 aliphatic heterocycles. The van der Waals surface area contributed by atoms with E-state index in [4.69, 9.17) is 9.47 Å². The van der Waals surface area contributed by atoms with Crippen LogP contribution in [0.4, 0.5) is 5.69 Å². The molecule has 0 atom stereocenters. The predicted molar refractivity (Wildman–Crippen MR) is 91.7 cm³/mol. The largest absolute Gasteiger partial charge is 0.495 e. The van der Waals surface area contributed by atoms with E-state index in [9.17, 15) is 9.59 Å². The number of benzene rings is 2. The lowest BCUT2D eigenvalue weighted by atomic mass is 10.1. The fourth-order valence-electron chi connectivity index (χ4n) is 2.05. The van der Waals surface area contributed by atoms with Crippen LogP contribution in [0.3, 0.4) is 0 Å². The quantitative estimate of drug-likeness (QED) is 0.853. The summed E-state index contributed by atoms with van der Waals surface area (Å²) in [5, 5.41) is 5.24. The zero-order valence-electron chi connectivity index (χ0n) is 13.9. The molecule has 2 aromatic rings. The first-order valence-electron chi connectivity index (χ1n) is 7.43. The number of hydrogen-bond donors (Lipinski definition) is 2. The monoisotopic (exact) mass is 328 g/mol. The molecule has 0 aromatic heterocycles.